The minimum Gasteiger partial charge on any atom is -0.450 e. The fourth-order valence-corrected chi connectivity index (χ4v) is 2.48. The Morgan fingerprint density at radius 2 is 1.66 bits per heavy atom. The summed E-state index contributed by atoms with van der Waals surface area (Å²) in [6, 6.07) is 17.8. The molecular weight excluding hydrogens is 374 g/mol. The number of nitrogens with one attached hydrogen (secondary N) is 2. The highest BCUT2D eigenvalue weighted by Gasteiger charge is 2.21. The van der Waals surface area contributed by atoms with Gasteiger partial charge in [-0.3, -0.25) is 10.1 Å². The maximum Gasteiger partial charge on any atom is 0.378 e. The van der Waals surface area contributed by atoms with Gasteiger partial charge in [0.05, 0.1) is 5.69 Å². The van der Waals surface area contributed by atoms with Crippen LogP contribution in [0.3, 0.4) is 0 Å². The van der Waals surface area contributed by atoms with Crippen molar-refractivity contribution < 1.29 is 19.1 Å². The average Bonchev–Trinajstić information content (AvgIpc) is 3.19. The Bertz CT molecular complexity index is 945. The summed E-state index contributed by atoms with van der Waals surface area (Å²) in [5.74, 6) is -1.37. The number of nitrogens with zero attached hydrogens (tertiary/aromatic N) is 3. The van der Waals surface area contributed by atoms with Crippen LogP contribution in [0.25, 0.3) is 17.1 Å². The van der Waals surface area contributed by atoms with Crippen LogP contribution in [0.5, 0.6) is 0 Å². The highest BCUT2D eigenvalue weighted by molar-refractivity contribution is 5.96. The number of rotatable bonds is 6. The van der Waals surface area contributed by atoms with Gasteiger partial charge in [-0.15, -0.1) is 5.10 Å². The number of amides is 3. The van der Waals surface area contributed by atoms with E-state index < -0.39 is 24.5 Å². The van der Waals surface area contributed by atoms with Gasteiger partial charge in [0.1, 0.15) is 0 Å². The first-order valence-corrected chi connectivity index (χ1v) is 8.91. The molecule has 0 aliphatic rings. The van der Waals surface area contributed by atoms with E-state index in [-0.39, 0.29) is 5.82 Å². The quantitative estimate of drug-likeness (QED) is 0.619. The minimum atomic E-state index is -0.872. The summed E-state index contributed by atoms with van der Waals surface area (Å²) in [6.45, 7) is 1.45. The van der Waals surface area contributed by atoms with Crippen molar-refractivity contribution >= 4 is 17.9 Å². The normalized spacial score (nSPS) is 10.2. The lowest BCUT2D eigenvalue weighted by Crippen LogP contribution is -2.41. The Morgan fingerprint density at radius 3 is 2.31 bits per heavy atom. The lowest BCUT2D eigenvalue weighted by Gasteiger charge is -2.05. The fraction of sp³-hybridized carbons (Fsp3) is 0.150. The minimum absolute atomic E-state index is 0.196. The maximum atomic E-state index is 12.3. The molecule has 3 rings (SSSR count). The van der Waals surface area contributed by atoms with Crippen LogP contribution in [0.1, 0.15) is 17.5 Å². The van der Waals surface area contributed by atoms with Gasteiger partial charge in [-0.05, 0) is 19.1 Å². The molecule has 29 heavy (non-hydrogen) atoms. The van der Waals surface area contributed by atoms with Crippen molar-refractivity contribution in [1.29, 1.82) is 0 Å². The van der Waals surface area contributed by atoms with Crippen molar-refractivity contribution in [2.75, 3.05) is 13.2 Å². The van der Waals surface area contributed by atoms with E-state index in [4.69, 9.17) is 4.74 Å². The predicted octanol–water partition coefficient (Wildman–Crippen LogP) is 1.94. The average molecular weight is 393 g/mol. The molecule has 0 radical (unpaired) electrons. The van der Waals surface area contributed by atoms with Crippen LogP contribution >= 0.6 is 0 Å². The molecule has 0 spiro atoms. The molecule has 0 aliphatic carbocycles. The molecule has 0 fully saturated rings. The maximum absolute atomic E-state index is 12.3. The molecule has 0 unspecified atom stereocenters. The zero-order chi connectivity index (χ0) is 20.6. The van der Waals surface area contributed by atoms with Crippen molar-refractivity contribution in [1.82, 2.24) is 25.4 Å². The number of urea groups is 1. The standard InChI is InChI=1S/C20H19N5O4/c1-2-21-20(28)22-16(26)13-29-19(27)17-23-18(14-9-5-3-6-10-14)25(24-17)15-11-7-4-8-12-15/h3-12H,2,13H2,1H3,(H2,21,22,26,28). The number of aromatic nitrogens is 3. The summed E-state index contributed by atoms with van der Waals surface area (Å²) >= 11 is 0. The van der Waals surface area contributed by atoms with E-state index in [2.05, 4.69) is 15.4 Å². The van der Waals surface area contributed by atoms with E-state index >= 15 is 0 Å². The summed E-state index contributed by atoms with van der Waals surface area (Å²) < 4.78 is 6.47. The topological polar surface area (TPSA) is 115 Å². The molecule has 3 amide bonds. The summed E-state index contributed by atoms with van der Waals surface area (Å²) in [5.41, 5.74) is 1.48. The number of ether oxygens (including phenoxy) is 1. The van der Waals surface area contributed by atoms with E-state index in [1.54, 1.807) is 6.92 Å². The molecular formula is C20H19N5O4. The molecule has 3 aromatic rings. The van der Waals surface area contributed by atoms with Gasteiger partial charge in [-0.2, -0.15) is 0 Å². The number of carbonyl (C=O) groups excluding carboxylic acids is 3. The summed E-state index contributed by atoms with van der Waals surface area (Å²) in [5, 5.41) is 8.69. The van der Waals surface area contributed by atoms with E-state index in [0.29, 0.717) is 18.1 Å². The lowest BCUT2D eigenvalue weighted by molar-refractivity contribution is -0.123. The molecule has 2 N–H and O–H groups in total. The van der Waals surface area contributed by atoms with E-state index in [1.165, 1.54) is 4.68 Å². The number of carbonyl (C=O) groups is 3. The van der Waals surface area contributed by atoms with Gasteiger partial charge in [-0.1, -0.05) is 48.5 Å². The van der Waals surface area contributed by atoms with Gasteiger partial charge in [0, 0.05) is 12.1 Å². The van der Waals surface area contributed by atoms with Crippen LogP contribution in [-0.2, 0) is 9.53 Å². The third-order valence-corrected chi connectivity index (χ3v) is 3.75. The smallest absolute Gasteiger partial charge is 0.378 e. The SMILES string of the molecule is CCNC(=O)NC(=O)COC(=O)c1nc(-c2ccccc2)n(-c2ccccc2)n1. The third kappa shape index (κ3) is 5.04. The van der Waals surface area contributed by atoms with Crippen molar-refractivity contribution in [3.05, 3.63) is 66.5 Å². The predicted molar refractivity (Wildman–Crippen MR) is 104 cm³/mol. The largest absolute Gasteiger partial charge is 0.450 e. The molecule has 9 nitrogen and oxygen atoms in total. The molecule has 9 heteroatoms. The number of esters is 1. The molecule has 0 saturated carbocycles. The van der Waals surface area contributed by atoms with Crippen molar-refractivity contribution in [3.63, 3.8) is 0 Å². The van der Waals surface area contributed by atoms with E-state index in [1.807, 2.05) is 66.0 Å². The first-order valence-electron chi connectivity index (χ1n) is 8.91. The van der Waals surface area contributed by atoms with Gasteiger partial charge in [0.25, 0.3) is 11.7 Å². The van der Waals surface area contributed by atoms with Gasteiger partial charge < -0.3 is 10.1 Å². The van der Waals surface area contributed by atoms with Crippen LogP contribution in [0.15, 0.2) is 60.7 Å². The van der Waals surface area contributed by atoms with Gasteiger partial charge in [0.2, 0.25) is 0 Å². The molecule has 148 valence electrons. The van der Waals surface area contributed by atoms with Crippen LogP contribution in [0.4, 0.5) is 4.79 Å². The van der Waals surface area contributed by atoms with Crippen LogP contribution in [-0.4, -0.2) is 45.8 Å². The number of para-hydroxylation sites is 1. The Morgan fingerprint density at radius 1 is 1.00 bits per heavy atom. The Hall–Kier alpha value is -4.01. The van der Waals surface area contributed by atoms with Crippen LogP contribution in [0, 0.1) is 0 Å². The Labute approximate surface area is 166 Å². The number of hydrogen-bond acceptors (Lipinski definition) is 6. The van der Waals surface area contributed by atoms with Crippen molar-refractivity contribution in [2.24, 2.45) is 0 Å². The van der Waals surface area contributed by atoms with Gasteiger partial charge in [-0.25, -0.2) is 19.3 Å². The summed E-state index contributed by atoms with van der Waals surface area (Å²) in [7, 11) is 0. The molecule has 1 aromatic heterocycles. The number of hydrogen-bond donors (Lipinski definition) is 2. The van der Waals surface area contributed by atoms with Crippen molar-refractivity contribution in [3.8, 4) is 17.1 Å². The Balaban J connectivity index is 1.79. The molecule has 0 atom stereocenters. The number of imide groups is 1. The zero-order valence-electron chi connectivity index (χ0n) is 15.7. The zero-order valence-corrected chi connectivity index (χ0v) is 15.7. The van der Waals surface area contributed by atoms with E-state index in [0.717, 1.165) is 5.56 Å². The summed E-state index contributed by atoms with van der Waals surface area (Å²) in [4.78, 5) is 39.6. The fourth-order valence-electron chi connectivity index (χ4n) is 2.48. The second-order valence-corrected chi connectivity index (χ2v) is 5.86. The molecule has 0 saturated heterocycles. The molecule has 0 aliphatic heterocycles. The highest BCUT2D eigenvalue weighted by Crippen LogP contribution is 2.21. The van der Waals surface area contributed by atoms with Gasteiger partial charge >= 0.3 is 12.0 Å². The van der Waals surface area contributed by atoms with Crippen molar-refractivity contribution in [2.45, 2.75) is 6.92 Å². The monoisotopic (exact) mass is 393 g/mol. The Kier molecular flexibility index (Phi) is 6.31. The van der Waals surface area contributed by atoms with E-state index in [9.17, 15) is 14.4 Å². The lowest BCUT2D eigenvalue weighted by atomic mass is 10.2. The summed E-state index contributed by atoms with van der Waals surface area (Å²) in [6.07, 6.45) is 0. The highest BCUT2D eigenvalue weighted by atomic mass is 16.5. The molecule has 1 heterocycles. The third-order valence-electron chi connectivity index (χ3n) is 3.75. The second kappa shape index (κ2) is 9.27. The number of benzene rings is 2. The molecule has 2 aromatic carbocycles. The van der Waals surface area contributed by atoms with Crippen LogP contribution < -0.4 is 10.6 Å². The second-order valence-electron chi connectivity index (χ2n) is 5.86. The first kappa shape index (κ1) is 19.7. The molecule has 0 bridgehead atoms. The van der Waals surface area contributed by atoms with Gasteiger partial charge in [0.15, 0.2) is 12.4 Å². The van der Waals surface area contributed by atoms with Crippen LogP contribution in [0.2, 0.25) is 0 Å². The first-order chi connectivity index (χ1) is 14.1.